The van der Waals surface area contributed by atoms with Crippen LogP contribution in [0.15, 0.2) is 35.4 Å². The first-order chi connectivity index (χ1) is 18.1. The minimum absolute atomic E-state index is 0.102. The molecule has 2 saturated heterocycles. The van der Waals surface area contributed by atoms with Gasteiger partial charge in [-0.25, -0.2) is 4.98 Å². The van der Waals surface area contributed by atoms with Crippen LogP contribution >= 0.6 is 0 Å². The fourth-order valence-electron chi connectivity index (χ4n) is 6.34. The number of unbranched alkanes of at least 4 members (excludes halogenated alkanes) is 1. The number of fused-ring (bicyclic) bond motifs is 1. The van der Waals surface area contributed by atoms with E-state index in [1.54, 1.807) is 0 Å². The van der Waals surface area contributed by atoms with Gasteiger partial charge < -0.3 is 19.9 Å². The number of ether oxygens (including phenoxy) is 2. The predicted octanol–water partition coefficient (Wildman–Crippen LogP) is 4.63. The molecular weight excluding hydrogens is 466 g/mol. The van der Waals surface area contributed by atoms with Crippen molar-refractivity contribution in [3.05, 3.63) is 46.7 Å². The maximum absolute atomic E-state index is 12.6. The van der Waals surface area contributed by atoms with Gasteiger partial charge in [-0.05, 0) is 92.4 Å². The fourth-order valence-corrected chi connectivity index (χ4v) is 6.34. The quantitative estimate of drug-likeness (QED) is 0.445. The number of nitrogens with zero attached hydrogens (tertiary/aromatic N) is 2. The van der Waals surface area contributed by atoms with Crippen LogP contribution in [-0.4, -0.2) is 72.6 Å². The molecule has 3 aliphatic heterocycles. The molecule has 2 N–H and O–H groups in total. The molecule has 37 heavy (non-hydrogen) atoms. The van der Waals surface area contributed by atoms with E-state index in [2.05, 4.69) is 41.4 Å². The summed E-state index contributed by atoms with van der Waals surface area (Å²) in [6, 6.07) is 3.80. The summed E-state index contributed by atoms with van der Waals surface area (Å²) in [5.41, 5.74) is 4.75. The number of nitrogens with one attached hydrogen (secondary N) is 1. The van der Waals surface area contributed by atoms with E-state index in [1.807, 2.05) is 0 Å². The summed E-state index contributed by atoms with van der Waals surface area (Å²) in [7, 11) is 0. The number of rotatable bonds is 10. The van der Waals surface area contributed by atoms with Crippen molar-refractivity contribution >= 4 is 11.8 Å². The van der Waals surface area contributed by atoms with Crippen molar-refractivity contribution < 1.29 is 19.4 Å². The fraction of sp³-hybridized carbons (Fsp3) is 0.667. The Labute approximate surface area is 221 Å². The van der Waals surface area contributed by atoms with E-state index >= 15 is 0 Å². The van der Waals surface area contributed by atoms with Crippen LogP contribution < -0.4 is 5.32 Å². The molecule has 4 aliphatic rings. The average Bonchev–Trinajstić information content (AvgIpc) is 3.37. The summed E-state index contributed by atoms with van der Waals surface area (Å²) in [6.07, 6.45) is 13.8. The Morgan fingerprint density at radius 3 is 2.97 bits per heavy atom. The van der Waals surface area contributed by atoms with Crippen LogP contribution in [0.25, 0.3) is 0 Å². The van der Waals surface area contributed by atoms with Crippen LogP contribution in [0.1, 0.15) is 63.1 Å². The second-order valence-electron chi connectivity index (χ2n) is 11.2. The Morgan fingerprint density at radius 2 is 2.14 bits per heavy atom. The molecule has 3 atom stereocenters. The van der Waals surface area contributed by atoms with Crippen molar-refractivity contribution in [1.29, 1.82) is 0 Å². The smallest absolute Gasteiger partial charge is 0.325 e. The van der Waals surface area contributed by atoms with Crippen molar-refractivity contribution in [3.8, 4) is 0 Å². The molecule has 7 nitrogen and oxygen atoms in total. The summed E-state index contributed by atoms with van der Waals surface area (Å²) in [6.45, 7) is 6.89. The van der Waals surface area contributed by atoms with E-state index in [9.17, 15) is 9.90 Å². The summed E-state index contributed by atoms with van der Waals surface area (Å²) < 4.78 is 11.8. The standard InChI is InChI=1S/C30H43N3O4/c1-21-7-10-26(22-12-17-36-18-13-22)27(19-21)28(30(34)35)33-15-11-25(20-33)37-16-3-2-6-24-9-8-23-5-4-14-31-29(23)32-24/h8-10,19,21-22,25,28H,2-7,11-18,20H2,1H3,(H,31,32)(H,34,35). The maximum Gasteiger partial charge on any atom is 0.325 e. The van der Waals surface area contributed by atoms with Gasteiger partial charge in [0.25, 0.3) is 0 Å². The molecule has 5 rings (SSSR count). The number of aliphatic carboxylic acids is 1. The third kappa shape index (κ3) is 6.62. The third-order valence-electron chi connectivity index (χ3n) is 8.37. The summed E-state index contributed by atoms with van der Waals surface area (Å²) in [5, 5.41) is 13.7. The molecule has 7 heteroatoms. The second-order valence-corrected chi connectivity index (χ2v) is 11.2. The van der Waals surface area contributed by atoms with Gasteiger partial charge in [-0.2, -0.15) is 0 Å². The molecule has 3 unspecified atom stereocenters. The number of aryl methyl sites for hydroxylation is 2. The molecular formula is C30H43N3O4. The highest BCUT2D eigenvalue weighted by Gasteiger charge is 2.38. The van der Waals surface area contributed by atoms with Crippen LogP contribution in [0.5, 0.6) is 0 Å². The number of likely N-dealkylation sites (tertiary alicyclic amines) is 1. The van der Waals surface area contributed by atoms with Gasteiger partial charge in [0, 0.05) is 45.1 Å². The van der Waals surface area contributed by atoms with Crippen molar-refractivity contribution in [2.75, 3.05) is 44.8 Å². The van der Waals surface area contributed by atoms with E-state index < -0.39 is 12.0 Å². The molecule has 202 valence electrons. The van der Waals surface area contributed by atoms with E-state index in [0.29, 0.717) is 25.0 Å². The third-order valence-corrected chi connectivity index (χ3v) is 8.37. The number of pyridine rings is 1. The van der Waals surface area contributed by atoms with Gasteiger partial charge in [-0.3, -0.25) is 9.69 Å². The zero-order chi connectivity index (χ0) is 25.6. The highest BCUT2D eigenvalue weighted by atomic mass is 16.5. The van der Waals surface area contributed by atoms with Gasteiger partial charge in [0.1, 0.15) is 11.9 Å². The van der Waals surface area contributed by atoms with Crippen LogP contribution in [0, 0.1) is 11.8 Å². The number of aromatic nitrogens is 1. The van der Waals surface area contributed by atoms with Gasteiger partial charge >= 0.3 is 5.97 Å². The molecule has 0 spiro atoms. The Kier molecular flexibility index (Phi) is 8.95. The average molecular weight is 510 g/mol. The van der Waals surface area contributed by atoms with Gasteiger partial charge in [-0.1, -0.05) is 25.1 Å². The second kappa shape index (κ2) is 12.5. The van der Waals surface area contributed by atoms with Crippen LogP contribution in [-0.2, 0) is 27.1 Å². The number of carboxylic acids is 1. The summed E-state index contributed by atoms with van der Waals surface area (Å²) in [4.78, 5) is 19.5. The molecule has 0 amide bonds. The normalized spacial score (nSPS) is 25.6. The Morgan fingerprint density at radius 1 is 1.27 bits per heavy atom. The van der Waals surface area contributed by atoms with Gasteiger partial charge in [0.15, 0.2) is 0 Å². The summed E-state index contributed by atoms with van der Waals surface area (Å²) >= 11 is 0. The lowest BCUT2D eigenvalue weighted by Crippen LogP contribution is -2.43. The first kappa shape index (κ1) is 26.4. The van der Waals surface area contributed by atoms with Crippen LogP contribution in [0.4, 0.5) is 5.82 Å². The highest BCUT2D eigenvalue weighted by Crippen LogP contribution is 2.37. The molecule has 2 fully saturated rings. The zero-order valence-corrected chi connectivity index (χ0v) is 22.3. The lowest BCUT2D eigenvalue weighted by molar-refractivity contribution is -0.141. The molecule has 4 heterocycles. The monoisotopic (exact) mass is 509 g/mol. The number of hydrogen-bond donors (Lipinski definition) is 2. The minimum atomic E-state index is -0.744. The summed E-state index contributed by atoms with van der Waals surface area (Å²) in [5.74, 6) is 1.10. The number of carbonyl (C=O) groups is 1. The lowest BCUT2D eigenvalue weighted by atomic mass is 9.78. The molecule has 0 aromatic carbocycles. The van der Waals surface area contributed by atoms with E-state index in [4.69, 9.17) is 14.5 Å². The van der Waals surface area contributed by atoms with Crippen molar-refractivity contribution in [2.45, 2.75) is 76.9 Å². The largest absolute Gasteiger partial charge is 0.480 e. The molecule has 1 aromatic rings. The maximum atomic E-state index is 12.6. The molecule has 0 radical (unpaired) electrons. The Bertz CT molecular complexity index is 1000. The highest BCUT2D eigenvalue weighted by molar-refractivity contribution is 5.79. The van der Waals surface area contributed by atoms with Gasteiger partial charge in [-0.15, -0.1) is 0 Å². The SMILES string of the molecule is CC1C=C(C(C(=O)O)N2CCC(OCCCCc3ccc4c(n3)NCCC4)C2)C(C2CCOCC2)=CC1. The Hall–Kier alpha value is -2.22. The van der Waals surface area contributed by atoms with Gasteiger partial charge in [0.2, 0.25) is 0 Å². The molecule has 0 bridgehead atoms. The van der Waals surface area contributed by atoms with Crippen LogP contribution in [0.3, 0.4) is 0 Å². The number of carboxylic acid groups (broad SMARTS) is 1. The van der Waals surface area contributed by atoms with E-state index in [1.165, 1.54) is 17.6 Å². The first-order valence-electron chi connectivity index (χ1n) is 14.4. The van der Waals surface area contributed by atoms with E-state index in [0.717, 1.165) is 94.8 Å². The first-order valence-corrected chi connectivity index (χ1v) is 14.4. The number of anilines is 1. The van der Waals surface area contributed by atoms with Crippen LogP contribution in [0.2, 0.25) is 0 Å². The lowest BCUT2D eigenvalue weighted by Gasteiger charge is -2.35. The molecule has 1 aromatic heterocycles. The number of allylic oxidation sites excluding steroid dienone is 2. The molecule has 1 aliphatic carbocycles. The zero-order valence-electron chi connectivity index (χ0n) is 22.3. The van der Waals surface area contributed by atoms with Crippen molar-refractivity contribution in [3.63, 3.8) is 0 Å². The predicted molar refractivity (Wildman–Crippen MR) is 145 cm³/mol. The van der Waals surface area contributed by atoms with Crippen molar-refractivity contribution in [2.24, 2.45) is 11.8 Å². The number of hydrogen-bond acceptors (Lipinski definition) is 6. The topological polar surface area (TPSA) is 83.9 Å². The van der Waals surface area contributed by atoms with Crippen molar-refractivity contribution in [1.82, 2.24) is 9.88 Å². The Balaban J connectivity index is 1.11. The molecule has 0 saturated carbocycles. The van der Waals surface area contributed by atoms with E-state index in [-0.39, 0.29) is 6.10 Å². The van der Waals surface area contributed by atoms with Gasteiger partial charge in [0.05, 0.1) is 6.10 Å². The minimum Gasteiger partial charge on any atom is -0.480 e.